The van der Waals surface area contributed by atoms with Crippen molar-refractivity contribution in [2.75, 3.05) is 6.61 Å². The summed E-state index contributed by atoms with van der Waals surface area (Å²) in [6, 6.07) is 0. The van der Waals surface area contributed by atoms with E-state index in [1.54, 1.807) is 0 Å². The lowest BCUT2D eigenvalue weighted by Gasteiger charge is -2.37. The fourth-order valence-corrected chi connectivity index (χ4v) is 1.32. The van der Waals surface area contributed by atoms with Gasteiger partial charge in [-0.15, -0.1) is 0 Å². The first-order valence-electron chi connectivity index (χ1n) is 4.74. The van der Waals surface area contributed by atoms with Crippen LogP contribution in [-0.2, 0) is 14.3 Å². The molecule has 1 rings (SSSR count). The minimum atomic E-state index is -0.175. The average Bonchev–Trinajstić information content (AvgIpc) is 2.04. The van der Waals surface area contributed by atoms with E-state index in [9.17, 15) is 4.79 Å². The molecule has 0 aromatic heterocycles. The van der Waals surface area contributed by atoms with E-state index >= 15 is 0 Å². The largest absolute Gasteiger partial charge is 0.352 e. The van der Waals surface area contributed by atoms with E-state index in [0.717, 1.165) is 12.7 Å². The second-order valence-corrected chi connectivity index (χ2v) is 4.52. The van der Waals surface area contributed by atoms with Gasteiger partial charge >= 0.3 is 0 Å². The first-order valence-corrected chi connectivity index (χ1v) is 4.74. The van der Waals surface area contributed by atoms with Gasteiger partial charge in [0.1, 0.15) is 6.29 Å². The van der Waals surface area contributed by atoms with Crippen LogP contribution < -0.4 is 0 Å². The highest BCUT2D eigenvalue weighted by atomic mass is 16.7. The molecule has 13 heavy (non-hydrogen) atoms. The molecule has 3 heteroatoms. The molecule has 1 fully saturated rings. The second kappa shape index (κ2) is 4.20. The maximum absolute atomic E-state index is 10.3. The maximum atomic E-state index is 10.3. The van der Waals surface area contributed by atoms with Crippen LogP contribution in [-0.4, -0.2) is 25.3 Å². The van der Waals surface area contributed by atoms with E-state index in [2.05, 4.69) is 20.8 Å². The third-order valence-electron chi connectivity index (χ3n) is 2.09. The van der Waals surface area contributed by atoms with Gasteiger partial charge in [0.15, 0.2) is 6.29 Å². The number of rotatable bonds is 2. The van der Waals surface area contributed by atoms with Crippen LogP contribution in [0.25, 0.3) is 0 Å². The number of hydrogen-bond acceptors (Lipinski definition) is 3. The van der Waals surface area contributed by atoms with Crippen molar-refractivity contribution in [1.82, 2.24) is 0 Å². The summed E-state index contributed by atoms with van der Waals surface area (Å²) in [5.74, 6) is 0. The Balaban J connectivity index is 2.46. The number of ether oxygens (including phenoxy) is 2. The van der Waals surface area contributed by atoms with Gasteiger partial charge in [0.05, 0.1) is 12.7 Å². The van der Waals surface area contributed by atoms with Crippen LogP contribution in [0.4, 0.5) is 0 Å². The topological polar surface area (TPSA) is 35.5 Å². The van der Waals surface area contributed by atoms with Gasteiger partial charge in [-0.3, -0.25) is 0 Å². The fourth-order valence-electron chi connectivity index (χ4n) is 1.32. The normalized spacial score (nSPS) is 30.1. The summed E-state index contributed by atoms with van der Waals surface area (Å²) >= 11 is 0. The molecule has 0 aliphatic carbocycles. The van der Waals surface area contributed by atoms with Crippen LogP contribution >= 0.6 is 0 Å². The van der Waals surface area contributed by atoms with Crippen molar-refractivity contribution in [2.45, 2.75) is 46.0 Å². The molecule has 3 nitrogen and oxygen atoms in total. The lowest BCUT2D eigenvalue weighted by atomic mass is 9.95. The molecule has 1 aliphatic heterocycles. The Labute approximate surface area is 79.4 Å². The summed E-state index contributed by atoms with van der Waals surface area (Å²) in [5, 5.41) is 0. The van der Waals surface area contributed by atoms with Gasteiger partial charge in [-0.25, -0.2) is 0 Å². The summed E-state index contributed by atoms with van der Waals surface area (Å²) in [6.45, 7) is 6.91. The average molecular weight is 186 g/mol. The van der Waals surface area contributed by atoms with Gasteiger partial charge in [-0.2, -0.15) is 0 Å². The van der Waals surface area contributed by atoms with E-state index in [0.29, 0.717) is 13.0 Å². The van der Waals surface area contributed by atoms with E-state index in [1.807, 2.05) is 0 Å². The minimum Gasteiger partial charge on any atom is -0.352 e. The van der Waals surface area contributed by atoms with E-state index in [4.69, 9.17) is 9.47 Å². The molecular formula is C10H18O3. The van der Waals surface area contributed by atoms with Crippen LogP contribution in [0.15, 0.2) is 0 Å². The molecule has 1 aliphatic rings. The molecule has 0 amide bonds. The van der Waals surface area contributed by atoms with Gasteiger partial charge in [0.25, 0.3) is 0 Å². The zero-order valence-electron chi connectivity index (χ0n) is 8.58. The first kappa shape index (κ1) is 10.7. The van der Waals surface area contributed by atoms with Crippen molar-refractivity contribution in [3.05, 3.63) is 0 Å². The molecule has 0 aromatic carbocycles. The molecule has 1 heterocycles. The molecular weight excluding hydrogens is 168 g/mol. The SMILES string of the molecule is CC(C)(C)[C@H]1OCC[C@@H](CC=O)O1. The first-order chi connectivity index (χ1) is 6.04. The quantitative estimate of drug-likeness (QED) is 0.616. The van der Waals surface area contributed by atoms with E-state index in [-0.39, 0.29) is 17.8 Å². The van der Waals surface area contributed by atoms with Crippen molar-refractivity contribution in [3.8, 4) is 0 Å². The maximum Gasteiger partial charge on any atom is 0.162 e. The van der Waals surface area contributed by atoms with Crippen LogP contribution in [0.3, 0.4) is 0 Å². The van der Waals surface area contributed by atoms with Crippen LogP contribution in [0.2, 0.25) is 0 Å². The molecule has 1 saturated heterocycles. The second-order valence-electron chi connectivity index (χ2n) is 4.52. The zero-order chi connectivity index (χ0) is 9.90. The smallest absolute Gasteiger partial charge is 0.162 e. The van der Waals surface area contributed by atoms with Gasteiger partial charge in [0, 0.05) is 11.8 Å². The van der Waals surface area contributed by atoms with Crippen LogP contribution in [0.1, 0.15) is 33.6 Å². The summed E-state index contributed by atoms with van der Waals surface area (Å²) < 4.78 is 11.1. The van der Waals surface area contributed by atoms with Crippen molar-refractivity contribution < 1.29 is 14.3 Å². The van der Waals surface area contributed by atoms with Crippen molar-refractivity contribution in [3.63, 3.8) is 0 Å². The Morgan fingerprint density at radius 2 is 2.15 bits per heavy atom. The van der Waals surface area contributed by atoms with Crippen molar-refractivity contribution >= 4 is 6.29 Å². The lowest BCUT2D eigenvalue weighted by molar-refractivity contribution is -0.252. The Hall–Kier alpha value is -0.410. The number of carbonyl (C=O) groups is 1. The highest BCUT2D eigenvalue weighted by Crippen LogP contribution is 2.28. The Morgan fingerprint density at radius 3 is 2.69 bits per heavy atom. The monoisotopic (exact) mass is 186 g/mol. The van der Waals surface area contributed by atoms with E-state index < -0.39 is 0 Å². The van der Waals surface area contributed by atoms with Crippen molar-refractivity contribution in [2.24, 2.45) is 5.41 Å². The summed E-state index contributed by atoms with van der Waals surface area (Å²) in [5.41, 5.74) is -0.0123. The Bertz CT molecular complexity index is 171. The van der Waals surface area contributed by atoms with Gasteiger partial charge in [-0.1, -0.05) is 20.8 Å². The molecule has 0 bridgehead atoms. The molecule has 2 atom stereocenters. The molecule has 0 N–H and O–H groups in total. The summed E-state index contributed by atoms with van der Waals surface area (Å²) in [6.07, 6.45) is 2.10. The van der Waals surface area contributed by atoms with Crippen LogP contribution in [0.5, 0.6) is 0 Å². The fraction of sp³-hybridized carbons (Fsp3) is 0.900. The van der Waals surface area contributed by atoms with Crippen molar-refractivity contribution in [1.29, 1.82) is 0 Å². The van der Waals surface area contributed by atoms with Gasteiger partial charge < -0.3 is 14.3 Å². The van der Waals surface area contributed by atoms with Gasteiger partial charge in [0.2, 0.25) is 0 Å². The number of carbonyl (C=O) groups excluding carboxylic acids is 1. The zero-order valence-corrected chi connectivity index (χ0v) is 8.58. The van der Waals surface area contributed by atoms with Crippen LogP contribution in [0, 0.1) is 5.41 Å². The molecule has 0 aromatic rings. The molecule has 0 radical (unpaired) electrons. The highest BCUT2D eigenvalue weighted by Gasteiger charge is 2.32. The number of hydrogen-bond donors (Lipinski definition) is 0. The highest BCUT2D eigenvalue weighted by molar-refractivity contribution is 5.50. The van der Waals surface area contributed by atoms with E-state index in [1.165, 1.54) is 0 Å². The standard InChI is InChI=1S/C10H18O3/c1-10(2,3)9-12-7-5-8(13-9)4-6-11/h6,8-9H,4-5,7H2,1-3H3/t8-,9+/m1/s1. The summed E-state index contributed by atoms with van der Waals surface area (Å²) in [7, 11) is 0. The number of aldehydes is 1. The molecule has 76 valence electrons. The Kier molecular flexibility index (Phi) is 3.45. The minimum absolute atomic E-state index is 0.0123. The lowest BCUT2D eigenvalue weighted by Crippen LogP contribution is -2.40. The van der Waals surface area contributed by atoms with Gasteiger partial charge in [-0.05, 0) is 6.42 Å². The third-order valence-corrected chi connectivity index (χ3v) is 2.09. The molecule has 0 spiro atoms. The molecule has 0 unspecified atom stereocenters. The third kappa shape index (κ3) is 3.08. The Morgan fingerprint density at radius 1 is 1.46 bits per heavy atom. The molecule has 0 saturated carbocycles. The predicted molar refractivity (Wildman–Crippen MR) is 49.4 cm³/mol. The summed E-state index contributed by atoms with van der Waals surface area (Å²) in [4.78, 5) is 10.3. The predicted octanol–water partition coefficient (Wildman–Crippen LogP) is 1.75.